The Hall–Kier alpha value is -3.62. The lowest BCUT2D eigenvalue weighted by Crippen LogP contribution is -2.10. The molecule has 27 heavy (non-hydrogen) atoms. The molecule has 0 bridgehead atoms. The quantitative estimate of drug-likeness (QED) is 0.560. The van der Waals surface area contributed by atoms with Gasteiger partial charge < -0.3 is 10.8 Å². The maximum atomic E-state index is 13.1. The number of nitrogens with two attached hydrogens (primary N) is 1. The topological polar surface area (TPSA) is 89.3 Å². The Morgan fingerprint density at radius 1 is 0.926 bits per heavy atom. The van der Waals surface area contributed by atoms with Crippen molar-refractivity contribution in [2.45, 2.75) is 6.18 Å². The summed E-state index contributed by atoms with van der Waals surface area (Å²) in [6, 6.07) is 10.6. The summed E-state index contributed by atoms with van der Waals surface area (Å²) in [4.78, 5) is 7.89. The first-order valence-corrected chi connectivity index (χ1v) is 7.80. The first-order valence-electron chi connectivity index (χ1n) is 7.80. The van der Waals surface area contributed by atoms with Gasteiger partial charge in [0.25, 0.3) is 0 Å². The van der Waals surface area contributed by atoms with Crippen molar-refractivity contribution in [1.82, 2.24) is 19.6 Å². The van der Waals surface area contributed by atoms with Crippen LogP contribution in [0, 0.1) is 0 Å². The predicted molar refractivity (Wildman–Crippen MR) is 92.7 cm³/mol. The van der Waals surface area contributed by atoms with E-state index in [2.05, 4.69) is 15.1 Å². The summed E-state index contributed by atoms with van der Waals surface area (Å²) in [5.74, 6) is -0.464. The number of anilines is 1. The number of nitrogens with zero attached hydrogens (tertiary/aromatic N) is 4. The second-order valence-corrected chi connectivity index (χ2v) is 5.83. The van der Waals surface area contributed by atoms with Gasteiger partial charge in [0.05, 0.1) is 23.1 Å². The molecule has 0 saturated heterocycles. The van der Waals surface area contributed by atoms with Crippen molar-refractivity contribution < 1.29 is 18.3 Å². The van der Waals surface area contributed by atoms with Crippen LogP contribution in [0.15, 0.2) is 54.9 Å². The number of halogens is 3. The van der Waals surface area contributed by atoms with Crippen LogP contribution in [0.1, 0.15) is 5.56 Å². The molecule has 0 radical (unpaired) electrons. The molecular formula is C18H12F3N5O. The summed E-state index contributed by atoms with van der Waals surface area (Å²) in [5, 5.41) is 13.8. The third-order valence-corrected chi connectivity index (χ3v) is 4.05. The second kappa shape index (κ2) is 5.97. The van der Waals surface area contributed by atoms with E-state index in [0.29, 0.717) is 17.0 Å². The Bertz CT molecular complexity index is 1140. The van der Waals surface area contributed by atoms with Gasteiger partial charge >= 0.3 is 6.18 Å². The molecule has 3 N–H and O–H groups in total. The molecule has 0 unspecified atom stereocenters. The third kappa shape index (κ3) is 3.03. The Balaban J connectivity index is 1.85. The van der Waals surface area contributed by atoms with Crippen LogP contribution >= 0.6 is 0 Å². The first-order chi connectivity index (χ1) is 12.8. The van der Waals surface area contributed by atoms with Crippen LogP contribution in [0.5, 0.6) is 5.75 Å². The van der Waals surface area contributed by atoms with Crippen molar-refractivity contribution >= 4 is 11.5 Å². The van der Waals surface area contributed by atoms with Gasteiger partial charge in [-0.15, -0.1) is 0 Å². The highest BCUT2D eigenvalue weighted by Crippen LogP contribution is 2.35. The summed E-state index contributed by atoms with van der Waals surface area (Å²) in [5.41, 5.74) is 6.73. The molecule has 0 atom stereocenters. The number of aromatic nitrogens is 4. The highest BCUT2D eigenvalue weighted by Gasteiger charge is 2.34. The minimum Gasteiger partial charge on any atom is -0.508 e. The van der Waals surface area contributed by atoms with Gasteiger partial charge in [0.15, 0.2) is 5.65 Å². The average Bonchev–Trinajstić information content (AvgIpc) is 3.05. The fourth-order valence-corrected chi connectivity index (χ4v) is 2.70. The molecular weight excluding hydrogens is 359 g/mol. The molecule has 6 nitrogen and oxygen atoms in total. The minimum atomic E-state index is -4.61. The zero-order chi connectivity index (χ0) is 19.2. The molecule has 3 heterocycles. The Morgan fingerprint density at radius 3 is 2.37 bits per heavy atom. The molecule has 0 aliphatic carbocycles. The highest BCUT2D eigenvalue weighted by atomic mass is 19.4. The van der Waals surface area contributed by atoms with E-state index in [-0.39, 0.29) is 11.3 Å². The zero-order valence-corrected chi connectivity index (χ0v) is 13.6. The van der Waals surface area contributed by atoms with Crippen LogP contribution in [-0.4, -0.2) is 24.7 Å². The summed E-state index contributed by atoms with van der Waals surface area (Å²) in [6.07, 6.45) is -1.76. The normalized spacial score (nSPS) is 11.8. The van der Waals surface area contributed by atoms with Gasteiger partial charge in [-0.05, 0) is 42.5 Å². The number of nitrogen functional groups attached to an aromatic ring is 1. The van der Waals surface area contributed by atoms with Crippen LogP contribution in [0.4, 0.5) is 19.0 Å². The first kappa shape index (κ1) is 16.8. The molecule has 4 rings (SSSR count). The summed E-state index contributed by atoms with van der Waals surface area (Å²) in [7, 11) is 0. The SMILES string of the molecule is Nc1ncc(-c2ccc3ncc(-c4ccc(O)cc4)n3n2)cc1C(F)(F)F. The molecule has 0 spiro atoms. The Morgan fingerprint density at radius 2 is 1.67 bits per heavy atom. The van der Waals surface area contributed by atoms with Gasteiger partial charge in [-0.25, -0.2) is 14.5 Å². The molecule has 0 aliphatic heterocycles. The van der Waals surface area contributed by atoms with Crippen LogP contribution in [0.2, 0.25) is 0 Å². The van der Waals surface area contributed by atoms with E-state index < -0.39 is 17.6 Å². The van der Waals surface area contributed by atoms with Crippen LogP contribution in [-0.2, 0) is 6.18 Å². The molecule has 1 aromatic carbocycles. The molecule has 136 valence electrons. The number of aromatic hydroxyl groups is 1. The van der Waals surface area contributed by atoms with Crippen molar-refractivity contribution in [2.24, 2.45) is 0 Å². The molecule has 0 fully saturated rings. The predicted octanol–water partition coefficient (Wildman–Crippen LogP) is 3.76. The maximum absolute atomic E-state index is 13.1. The average molecular weight is 371 g/mol. The number of fused-ring (bicyclic) bond motifs is 1. The maximum Gasteiger partial charge on any atom is 0.419 e. The second-order valence-electron chi connectivity index (χ2n) is 5.83. The monoisotopic (exact) mass is 371 g/mol. The largest absolute Gasteiger partial charge is 0.508 e. The number of phenolic OH excluding ortho intramolecular Hbond substituents is 1. The van der Waals surface area contributed by atoms with E-state index in [1.54, 1.807) is 30.5 Å². The molecule has 9 heteroatoms. The molecule has 4 aromatic rings. The van der Waals surface area contributed by atoms with Crippen molar-refractivity contribution in [3.63, 3.8) is 0 Å². The number of hydrogen-bond acceptors (Lipinski definition) is 5. The van der Waals surface area contributed by atoms with E-state index in [0.717, 1.165) is 11.6 Å². The summed E-state index contributed by atoms with van der Waals surface area (Å²) >= 11 is 0. The number of hydrogen-bond donors (Lipinski definition) is 2. The number of benzene rings is 1. The lowest BCUT2D eigenvalue weighted by molar-refractivity contribution is -0.137. The van der Waals surface area contributed by atoms with E-state index in [4.69, 9.17) is 5.73 Å². The minimum absolute atomic E-state index is 0.119. The number of alkyl halides is 3. The van der Waals surface area contributed by atoms with Gasteiger partial charge in [0.1, 0.15) is 11.6 Å². The number of pyridine rings is 1. The lowest BCUT2D eigenvalue weighted by Gasteiger charge is -2.11. The van der Waals surface area contributed by atoms with Gasteiger partial charge in [0.2, 0.25) is 0 Å². The van der Waals surface area contributed by atoms with Crippen molar-refractivity contribution in [3.8, 4) is 28.3 Å². The fourth-order valence-electron chi connectivity index (χ4n) is 2.70. The molecule has 0 amide bonds. The molecule has 0 saturated carbocycles. The van der Waals surface area contributed by atoms with E-state index >= 15 is 0 Å². The highest BCUT2D eigenvalue weighted by molar-refractivity contribution is 5.67. The van der Waals surface area contributed by atoms with E-state index in [9.17, 15) is 18.3 Å². The summed E-state index contributed by atoms with van der Waals surface area (Å²) in [6.45, 7) is 0. The standard InChI is InChI=1S/C18H12F3N5O/c19-18(20,21)13-7-11(8-24-17(13)22)14-5-6-16-23-9-15(26(16)25-14)10-1-3-12(27)4-2-10/h1-9,27H,(H2,22,24). The van der Waals surface area contributed by atoms with Crippen molar-refractivity contribution in [1.29, 1.82) is 0 Å². The molecule has 0 aliphatic rings. The van der Waals surface area contributed by atoms with Gasteiger partial charge in [-0.2, -0.15) is 18.3 Å². The van der Waals surface area contributed by atoms with Crippen LogP contribution in [0.3, 0.4) is 0 Å². The van der Waals surface area contributed by atoms with Gasteiger partial charge in [-0.1, -0.05) is 0 Å². The number of rotatable bonds is 2. The van der Waals surface area contributed by atoms with E-state index in [1.807, 2.05) is 0 Å². The molecule has 3 aromatic heterocycles. The van der Waals surface area contributed by atoms with Gasteiger partial charge in [-0.3, -0.25) is 0 Å². The number of phenols is 1. The lowest BCUT2D eigenvalue weighted by atomic mass is 10.1. The zero-order valence-electron chi connectivity index (χ0n) is 13.6. The van der Waals surface area contributed by atoms with Crippen molar-refractivity contribution in [2.75, 3.05) is 5.73 Å². The van der Waals surface area contributed by atoms with Gasteiger partial charge in [0, 0.05) is 17.3 Å². The van der Waals surface area contributed by atoms with Crippen LogP contribution in [0.25, 0.3) is 28.2 Å². The summed E-state index contributed by atoms with van der Waals surface area (Å²) < 4.78 is 40.8. The number of imidazole rings is 1. The van der Waals surface area contributed by atoms with E-state index in [1.165, 1.54) is 22.8 Å². The Labute approximate surface area is 150 Å². The fraction of sp³-hybridized carbons (Fsp3) is 0.0556. The Kier molecular flexibility index (Phi) is 3.72. The van der Waals surface area contributed by atoms with Crippen LogP contribution < -0.4 is 5.73 Å². The smallest absolute Gasteiger partial charge is 0.419 e. The third-order valence-electron chi connectivity index (χ3n) is 4.05. The van der Waals surface area contributed by atoms with Crippen molar-refractivity contribution in [3.05, 3.63) is 60.4 Å².